The molecule has 0 radical (unpaired) electrons. The number of nitrogens with two attached hydrogens (primary N) is 1. The van der Waals surface area contributed by atoms with Crippen LogP contribution in [-0.2, 0) is 10.0 Å². The minimum Gasteiger partial charge on any atom is -0.366 e. The lowest BCUT2D eigenvalue weighted by Gasteiger charge is -2.15. The molecule has 0 spiro atoms. The highest BCUT2D eigenvalue weighted by Crippen LogP contribution is 2.39. The van der Waals surface area contributed by atoms with Gasteiger partial charge in [0.2, 0.25) is 10.0 Å². The maximum absolute atomic E-state index is 13.3. The van der Waals surface area contributed by atoms with E-state index in [2.05, 4.69) is 4.72 Å². The van der Waals surface area contributed by atoms with Crippen LogP contribution in [0, 0.1) is 5.82 Å². The van der Waals surface area contributed by atoms with Crippen LogP contribution < -0.4 is 10.5 Å². The first-order chi connectivity index (χ1) is 8.80. The van der Waals surface area contributed by atoms with Crippen LogP contribution in [0.5, 0.6) is 0 Å². The average Bonchev–Trinajstić information content (AvgIpc) is 3.08. The van der Waals surface area contributed by atoms with Gasteiger partial charge in [-0.25, -0.2) is 17.5 Å². The van der Waals surface area contributed by atoms with Crippen LogP contribution in [0.3, 0.4) is 0 Å². The fraction of sp³-hybridized carbons (Fsp3) is 0.417. The van der Waals surface area contributed by atoms with E-state index in [0.717, 1.165) is 31.0 Å². The highest BCUT2D eigenvalue weighted by atomic mass is 32.2. The summed E-state index contributed by atoms with van der Waals surface area (Å²) in [7, 11) is -3.76. The van der Waals surface area contributed by atoms with Crippen LogP contribution in [0.25, 0.3) is 0 Å². The van der Waals surface area contributed by atoms with Gasteiger partial charge in [-0.05, 0) is 37.5 Å². The molecule has 1 fully saturated rings. The highest BCUT2D eigenvalue weighted by molar-refractivity contribution is 7.89. The maximum atomic E-state index is 13.3. The number of amides is 1. The SMILES string of the molecule is CCC1(NS(=O)(=O)c2ccc(F)c(C(N)=O)c2)CC1. The fourth-order valence-electron chi connectivity index (χ4n) is 1.88. The van der Waals surface area contributed by atoms with E-state index in [1.165, 1.54) is 0 Å². The van der Waals surface area contributed by atoms with Gasteiger partial charge in [0, 0.05) is 5.54 Å². The van der Waals surface area contributed by atoms with Crippen molar-refractivity contribution in [1.82, 2.24) is 4.72 Å². The smallest absolute Gasteiger partial charge is 0.251 e. The molecule has 1 amide bonds. The zero-order chi connectivity index (χ0) is 14.3. The second-order valence-corrected chi connectivity index (χ2v) is 6.43. The summed E-state index contributed by atoms with van der Waals surface area (Å²) >= 11 is 0. The third-order valence-corrected chi connectivity index (χ3v) is 4.97. The summed E-state index contributed by atoms with van der Waals surface area (Å²) in [6, 6.07) is 3.02. The first-order valence-electron chi connectivity index (χ1n) is 5.93. The Morgan fingerprint density at radius 3 is 2.58 bits per heavy atom. The average molecular weight is 286 g/mol. The van der Waals surface area contributed by atoms with Crippen molar-refractivity contribution in [2.45, 2.75) is 36.6 Å². The normalized spacial score (nSPS) is 17.2. The van der Waals surface area contributed by atoms with Crippen molar-refractivity contribution in [2.75, 3.05) is 0 Å². The van der Waals surface area contributed by atoms with Crippen molar-refractivity contribution in [3.63, 3.8) is 0 Å². The van der Waals surface area contributed by atoms with Crippen LogP contribution in [0.1, 0.15) is 36.5 Å². The third-order valence-electron chi connectivity index (χ3n) is 3.39. The molecule has 19 heavy (non-hydrogen) atoms. The number of nitrogens with one attached hydrogen (secondary N) is 1. The van der Waals surface area contributed by atoms with E-state index in [-0.39, 0.29) is 10.4 Å². The first kappa shape index (κ1) is 14.0. The lowest BCUT2D eigenvalue weighted by Crippen LogP contribution is -2.36. The number of primary amides is 1. The predicted octanol–water partition coefficient (Wildman–Crippen LogP) is 1.15. The van der Waals surface area contributed by atoms with E-state index >= 15 is 0 Å². The van der Waals surface area contributed by atoms with E-state index in [1.807, 2.05) is 6.92 Å². The van der Waals surface area contributed by atoms with Gasteiger partial charge in [-0.1, -0.05) is 6.92 Å². The molecular formula is C12H15FN2O3S. The summed E-state index contributed by atoms with van der Waals surface area (Å²) in [5.74, 6) is -1.82. The van der Waals surface area contributed by atoms with Crippen molar-refractivity contribution >= 4 is 15.9 Å². The minimum atomic E-state index is -3.76. The molecule has 0 unspecified atom stereocenters. The number of hydrogen-bond acceptors (Lipinski definition) is 3. The van der Waals surface area contributed by atoms with Gasteiger partial charge in [0.1, 0.15) is 5.82 Å². The summed E-state index contributed by atoms with van der Waals surface area (Å²) in [5.41, 5.74) is 4.18. The number of halogens is 1. The Kier molecular flexibility index (Phi) is 3.36. The molecule has 0 saturated heterocycles. The van der Waals surface area contributed by atoms with Crippen molar-refractivity contribution in [3.05, 3.63) is 29.6 Å². The Hall–Kier alpha value is -1.47. The summed E-state index contributed by atoms with van der Waals surface area (Å²) in [6.07, 6.45) is 2.26. The molecule has 0 aliphatic heterocycles. The Bertz CT molecular complexity index is 624. The van der Waals surface area contributed by atoms with Crippen LogP contribution in [0.2, 0.25) is 0 Å². The number of hydrogen-bond donors (Lipinski definition) is 2. The number of rotatable bonds is 5. The van der Waals surface area contributed by atoms with Gasteiger partial charge in [-0.2, -0.15) is 0 Å². The standard InChI is InChI=1S/C12H15FN2O3S/c1-2-12(5-6-12)15-19(17,18)8-3-4-10(13)9(7-8)11(14)16/h3-4,7,15H,2,5-6H2,1H3,(H2,14,16). The summed E-state index contributed by atoms with van der Waals surface area (Å²) in [6.45, 7) is 1.90. The number of carbonyl (C=O) groups is 1. The van der Waals surface area contributed by atoms with Crippen molar-refractivity contribution in [1.29, 1.82) is 0 Å². The fourth-order valence-corrected chi connectivity index (χ4v) is 3.44. The molecule has 3 N–H and O–H groups in total. The van der Waals surface area contributed by atoms with Crippen LogP contribution >= 0.6 is 0 Å². The highest BCUT2D eigenvalue weighted by Gasteiger charge is 2.44. The van der Waals surface area contributed by atoms with Gasteiger partial charge < -0.3 is 5.73 Å². The quantitative estimate of drug-likeness (QED) is 0.850. The molecule has 104 valence electrons. The third kappa shape index (κ3) is 2.76. The lowest BCUT2D eigenvalue weighted by molar-refractivity contribution is 0.0996. The van der Waals surface area contributed by atoms with Gasteiger partial charge in [0.15, 0.2) is 0 Å². The largest absolute Gasteiger partial charge is 0.366 e. The zero-order valence-electron chi connectivity index (χ0n) is 10.4. The molecule has 1 aliphatic carbocycles. The molecule has 0 atom stereocenters. The van der Waals surface area contributed by atoms with Gasteiger partial charge in [-0.3, -0.25) is 4.79 Å². The summed E-state index contributed by atoms with van der Waals surface area (Å²) < 4.78 is 40.2. The van der Waals surface area contributed by atoms with Crippen molar-refractivity contribution < 1.29 is 17.6 Å². The second kappa shape index (κ2) is 4.57. The predicted molar refractivity (Wildman–Crippen MR) is 67.5 cm³/mol. The molecule has 1 aromatic carbocycles. The van der Waals surface area contributed by atoms with E-state index < -0.39 is 27.3 Å². The van der Waals surface area contributed by atoms with Crippen LogP contribution in [0.15, 0.2) is 23.1 Å². The van der Waals surface area contributed by atoms with Gasteiger partial charge in [0.05, 0.1) is 10.5 Å². The molecule has 5 nitrogen and oxygen atoms in total. The van der Waals surface area contributed by atoms with Crippen molar-refractivity contribution in [2.24, 2.45) is 5.73 Å². The minimum absolute atomic E-state index is 0.151. The lowest BCUT2D eigenvalue weighted by atomic mass is 10.2. The second-order valence-electron chi connectivity index (χ2n) is 4.75. The Morgan fingerprint density at radius 1 is 1.47 bits per heavy atom. The van der Waals surface area contributed by atoms with E-state index in [4.69, 9.17) is 5.73 Å². The molecule has 0 bridgehead atoms. The molecule has 1 aromatic rings. The molecule has 0 heterocycles. The van der Waals surface area contributed by atoms with Crippen LogP contribution in [0.4, 0.5) is 4.39 Å². The van der Waals surface area contributed by atoms with Crippen molar-refractivity contribution in [3.8, 4) is 0 Å². The topological polar surface area (TPSA) is 89.3 Å². The van der Waals surface area contributed by atoms with Gasteiger partial charge in [-0.15, -0.1) is 0 Å². The van der Waals surface area contributed by atoms with E-state index in [9.17, 15) is 17.6 Å². The number of sulfonamides is 1. The Balaban J connectivity index is 2.36. The van der Waals surface area contributed by atoms with E-state index in [0.29, 0.717) is 6.42 Å². The van der Waals surface area contributed by atoms with Gasteiger partial charge >= 0.3 is 0 Å². The Morgan fingerprint density at radius 2 is 2.11 bits per heavy atom. The molecule has 1 saturated carbocycles. The summed E-state index contributed by atoms with van der Waals surface area (Å²) in [5, 5.41) is 0. The molecule has 0 aromatic heterocycles. The number of benzene rings is 1. The number of carbonyl (C=O) groups excluding carboxylic acids is 1. The first-order valence-corrected chi connectivity index (χ1v) is 7.41. The molecule has 2 rings (SSSR count). The van der Waals surface area contributed by atoms with Crippen LogP contribution in [-0.4, -0.2) is 19.9 Å². The Labute approximate surface area is 111 Å². The molecular weight excluding hydrogens is 271 g/mol. The zero-order valence-corrected chi connectivity index (χ0v) is 11.3. The monoisotopic (exact) mass is 286 g/mol. The molecule has 1 aliphatic rings. The summed E-state index contributed by atoms with van der Waals surface area (Å²) in [4.78, 5) is 10.9. The van der Waals surface area contributed by atoms with Gasteiger partial charge in [0.25, 0.3) is 5.91 Å². The van der Waals surface area contributed by atoms with E-state index in [1.54, 1.807) is 0 Å². The molecule has 7 heteroatoms. The maximum Gasteiger partial charge on any atom is 0.251 e.